The highest BCUT2D eigenvalue weighted by molar-refractivity contribution is 5.78. The number of rotatable bonds is 9. The van der Waals surface area contributed by atoms with Crippen LogP contribution in [0.25, 0.3) is 0 Å². The summed E-state index contributed by atoms with van der Waals surface area (Å²) in [5.74, 6) is 1.38. The molecule has 0 radical (unpaired) electrons. The lowest BCUT2D eigenvalue weighted by Gasteiger charge is -2.11. The average Bonchev–Trinajstić information content (AvgIpc) is 2.63. The first-order valence-electron chi connectivity index (χ1n) is 9.16. The number of carbonyl (C=O) groups is 1. The third kappa shape index (κ3) is 5.80. The van der Waals surface area contributed by atoms with Crippen LogP contribution >= 0.6 is 0 Å². The molecule has 1 N–H and O–H groups in total. The SMILES string of the molecule is CCOc1ccc(CC(=O)NCCCc2ccc(C)c(C)c2)cc1OC. The van der Waals surface area contributed by atoms with Crippen LogP contribution in [0, 0.1) is 13.8 Å². The lowest BCUT2D eigenvalue weighted by Crippen LogP contribution is -2.26. The monoisotopic (exact) mass is 355 g/mol. The average molecular weight is 355 g/mol. The second-order valence-electron chi connectivity index (χ2n) is 6.47. The number of hydrogen-bond acceptors (Lipinski definition) is 3. The molecule has 2 aromatic rings. The molecule has 0 aliphatic heterocycles. The van der Waals surface area contributed by atoms with E-state index >= 15 is 0 Å². The van der Waals surface area contributed by atoms with Gasteiger partial charge in [-0.3, -0.25) is 4.79 Å². The van der Waals surface area contributed by atoms with Crippen LogP contribution < -0.4 is 14.8 Å². The minimum absolute atomic E-state index is 0.0244. The maximum atomic E-state index is 12.1. The quantitative estimate of drug-likeness (QED) is 0.692. The number of carbonyl (C=O) groups excluding carboxylic acids is 1. The molecule has 0 saturated heterocycles. The molecule has 0 aliphatic carbocycles. The zero-order valence-corrected chi connectivity index (χ0v) is 16.2. The lowest BCUT2D eigenvalue weighted by molar-refractivity contribution is -0.120. The fourth-order valence-corrected chi connectivity index (χ4v) is 2.82. The Balaban J connectivity index is 1.78. The molecular weight excluding hydrogens is 326 g/mol. The fraction of sp³-hybridized carbons (Fsp3) is 0.409. The molecule has 0 bridgehead atoms. The van der Waals surface area contributed by atoms with Crippen LogP contribution in [0.3, 0.4) is 0 Å². The molecule has 0 saturated carbocycles. The normalized spacial score (nSPS) is 10.5. The highest BCUT2D eigenvalue weighted by atomic mass is 16.5. The Morgan fingerprint density at radius 3 is 2.46 bits per heavy atom. The number of methoxy groups -OCH3 is 1. The van der Waals surface area contributed by atoms with Gasteiger partial charge in [-0.2, -0.15) is 0 Å². The Morgan fingerprint density at radius 2 is 1.77 bits per heavy atom. The van der Waals surface area contributed by atoms with E-state index in [1.807, 2.05) is 25.1 Å². The van der Waals surface area contributed by atoms with E-state index in [-0.39, 0.29) is 5.91 Å². The van der Waals surface area contributed by atoms with Gasteiger partial charge in [-0.25, -0.2) is 0 Å². The van der Waals surface area contributed by atoms with Crippen molar-refractivity contribution < 1.29 is 14.3 Å². The van der Waals surface area contributed by atoms with Gasteiger partial charge in [0.05, 0.1) is 20.1 Å². The van der Waals surface area contributed by atoms with Gasteiger partial charge in [0.25, 0.3) is 0 Å². The van der Waals surface area contributed by atoms with Gasteiger partial charge >= 0.3 is 0 Å². The molecule has 140 valence electrons. The van der Waals surface area contributed by atoms with Crippen molar-refractivity contribution in [2.45, 2.75) is 40.0 Å². The summed E-state index contributed by atoms with van der Waals surface area (Å²) >= 11 is 0. The van der Waals surface area contributed by atoms with Crippen LogP contribution in [0.2, 0.25) is 0 Å². The van der Waals surface area contributed by atoms with Crippen LogP contribution in [0.4, 0.5) is 0 Å². The number of ether oxygens (including phenoxy) is 2. The van der Waals surface area contributed by atoms with Gasteiger partial charge in [0.1, 0.15) is 0 Å². The first-order valence-corrected chi connectivity index (χ1v) is 9.16. The maximum Gasteiger partial charge on any atom is 0.224 e. The van der Waals surface area contributed by atoms with Gasteiger partial charge in [-0.15, -0.1) is 0 Å². The summed E-state index contributed by atoms with van der Waals surface area (Å²) in [7, 11) is 1.61. The van der Waals surface area contributed by atoms with Crippen LogP contribution in [-0.2, 0) is 17.6 Å². The van der Waals surface area contributed by atoms with E-state index in [0.29, 0.717) is 31.1 Å². The van der Waals surface area contributed by atoms with Crippen molar-refractivity contribution in [3.8, 4) is 11.5 Å². The van der Waals surface area contributed by atoms with E-state index in [1.165, 1.54) is 16.7 Å². The summed E-state index contributed by atoms with van der Waals surface area (Å²) in [6, 6.07) is 12.2. The van der Waals surface area contributed by atoms with Gasteiger partial charge in [0.2, 0.25) is 5.91 Å². The lowest BCUT2D eigenvalue weighted by atomic mass is 10.0. The number of nitrogens with one attached hydrogen (secondary N) is 1. The first kappa shape index (κ1) is 19.8. The zero-order valence-electron chi connectivity index (χ0n) is 16.2. The van der Waals surface area contributed by atoms with Crippen LogP contribution in [0.1, 0.15) is 35.6 Å². The Hall–Kier alpha value is -2.49. The van der Waals surface area contributed by atoms with Crippen molar-refractivity contribution in [3.63, 3.8) is 0 Å². The topological polar surface area (TPSA) is 47.6 Å². The van der Waals surface area contributed by atoms with Crippen molar-refractivity contribution in [2.75, 3.05) is 20.3 Å². The maximum absolute atomic E-state index is 12.1. The van der Waals surface area contributed by atoms with E-state index in [9.17, 15) is 4.79 Å². The molecule has 0 aromatic heterocycles. The summed E-state index contributed by atoms with van der Waals surface area (Å²) in [5, 5.41) is 2.99. The first-order chi connectivity index (χ1) is 12.5. The summed E-state index contributed by atoms with van der Waals surface area (Å²) in [4.78, 5) is 12.1. The van der Waals surface area contributed by atoms with Crippen LogP contribution in [0.5, 0.6) is 11.5 Å². The number of hydrogen-bond donors (Lipinski definition) is 1. The zero-order chi connectivity index (χ0) is 18.9. The highest BCUT2D eigenvalue weighted by Gasteiger charge is 2.08. The molecule has 0 atom stereocenters. The molecule has 0 fully saturated rings. The van der Waals surface area contributed by atoms with Crippen molar-refractivity contribution in [1.82, 2.24) is 5.32 Å². The molecule has 0 spiro atoms. The minimum Gasteiger partial charge on any atom is -0.493 e. The molecular formula is C22H29NO3. The number of amides is 1. The molecule has 26 heavy (non-hydrogen) atoms. The van der Waals surface area contributed by atoms with E-state index in [1.54, 1.807) is 7.11 Å². The Kier molecular flexibility index (Phi) is 7.52. The predicted octanol–water partition coefficient (Wildman–Crippen LogP) is 4.00. The Labute approximate surface area is 156 Å². The van der Waals surface area contributed by atoms with Gasteiger partial charge in [0.15, 0.2) is 11.5 Å². The fourth-order valence-electron chi connectivity index (χ4n) is 2.82. The van der Waals surface area contributed by atoms with Crippen LogP contribution in [-0.4, -0.2) is 26.2 Å². The molecule has 0 unspecified atom stereocenters. The van der Waals surface area contributed by atoms with E-state index < -0.39 is 0 Å². The van der Waals surface area contributed by atoms with Crippen molar-refractivity contribution in [2.24, 2.45) is 0 Å². The second kappa shape index (κ2) is 9.85. The molecule has 4 heteroatoms. The summed E-state index contributed by atoms with van der Waals surface area (Å²) in [5.41, 5.74) is 4.86. The van der Waals surface area contributed by atoms with Crippen molar-refractivity contribution in [3.05, 3.63) is 58.7 Å². The standard InChI is InChI=1S/C22H29NO3/c1-5-26-20-11-10-19(14-21(20)25-4)15-22(24)23-12-6-7-18-9-8-16(2)17(3)13-18/h8-11,13-14H,5-7,12,15H2,1-4H3,(H,23,24). The molecule has 4 nitrogen and oxygen atoms in total. The van der Waals surface area contributed by atoms with Gasteiger partial charge < -0.3 is 14.8 Å². The molecule has 0 heterocycles. The molecule has 2 aromatic carbocycles. The Morgan fingerprint density at radius 1 is 1.00 bits per heavy atom. The summed E-state index contributed by atoms with van der Waals surface area (Å²) in [6.45, 7) is 7.44. The molecule has 2 rings (SSSR count). The van der Waals surface area contributed by atoms with Crippen LogP contribution in [0.15, 0.2) is 36.4 Å². The Bertz CT molecular complexity index is 740. The predicted molar refractivity (Wildman–Crippen MR) is 105 cm³/mol. The van der Waals surface area contributed by atoms with Gasteiger partial charge in [-0.05, 0) is 68.0 Å². The second-order valence-corrected chi connectivity index (χ2v) is 6.47. The molecule has 1 amide bonds. The third-order valence-electron chi connectivity index (χ3n) is 4.43. The van der Waals surface area contributed by atoms with Gasteiger partial charge in [-0.1, -0.05) is 24.3 Å². The summed E-state index contributed by atoms with van der Waals surface area (Å²) in [6.07, 6.45) is 2.24. The summed E-state index contributed by atoms with van der Waals surface area (Å²) < 4.78 is 10.8. The smallest absolute Gasteiger partial charge is 0.224 e. The highest BCUT2D eigenvalue weighted by Crippen LogP contribution is 2.28. The van der Waals surface area contributed by atoms with E-state index in [2.05, 4.69) is 37.4 Å². The third-order valence-corrected chi connectivity index (χ3v) is 4.43. The minimum atomic E-state index is 0.0244. The van der Waals surface area contributed by atoms with E-state index in [0.717, 1.165) is 18.4 Å². The van der Waals surface area contributed by atoms with E-state index in [4.69, 9.17) is 9.47 Å². The van der Waals surface area contributed by atoms with Crippen molar-refractivity contribution in [1.29, 1.82) is 0 Å². The molecule has 0 aliphatic rings. The van der Waals surface area contributed by atoms with Gasteiger partial charge in [0, 0.05) is 6.54 Å². The number of benzene rings is 2. The van der Waals surface area contributed by atoms with Crippen molar-refractivity contribution >= 4 is 5.91 Å². The largest absolute Gasteiger partial charge is 0.493 e. The number of aryl methyl sites for hydroxylation is 3.